The van der Waals surface area contributed by atoms with Crippen LogP contribution in [0.5, 0.6) is 0 Å². The van der Waals surface area contributed by atoms with E-state index in [1.807, 2.05) is 0 Å². The Bertz CT molecular complexity index is 607. The van der Waals surface area contributed by atoms with Crippen LogP contribution in [0.4, 0.5) is 0 Å². The molecule has 4 aliphatic rings. The van der Waals surface area contributed by atoms with Gasteiger partial charge < -0.3 is 10.2 Å². The Balaban J connectivity index is 1.67. The molecule has 0 spiro atoms. The van der Waals surface area contributed by atoms with Crippen molar-refractivity contribution >= 4 is 0 Å². The zero-order valence-corrected chi connectivity index (χ0v) is 15.1. The molecule has 0 radical (unpaired) electrons. The van der Waals surface area contributed by atoms with E-state index in [1.165, 1.54) is 5.57 Å². The zero-order chi connectivity index (χ0) is 17.2. The molecule has 0 amide bonds. The molecule has 0 aromatic rings. The molecule has 132 valence electrons. The van der Waals surface area contributed by atoms with Crippen molar-refractivity contribution in [3.05, 3.63) is 11.6 Å². The van der Waals surface area contributed by atoms with E-state index in [1.54, 1.807) is 0 Å². The van der Waals surface area contributed by atoms with Gasteiger partial charge in [-0.1, -0.05) is 25.5 Å². The van der Waals surface area contributed by atoms with E-state index in [-0.39, 0.29) is 23.4 Å². The summed E-state index contributed by atoms with van der Waals surface area (Å²) in [5.74, 6) is 1.86. The van der Waals surface area contributed by atoms with Gasteiger partial charge in [0.15, 0.2) is 0 Å². The summed E-state index contributed by atoms with van der Waals surface area (Å²) in [6.45, 7) is 4.69. The van der Waals surface area contributed by atoms with E-state index >= 15 is 0 Å². The Morgan fingerprint density at radius 2 is 1.92 bits per heavy atom. The first-order valence-electron chi connectivity index (χ1n) is 9.81. The maximum Gasteiger partial charge on any atom is 0.0833 e. The van der Waals surface area contributed by atoms with Crippen molar-refractivity contribution in [3.63, 3.8) is 0 Å². The van der Waals surface area contributed by atoms with E-state index in [4.69, 9.17) is 0 Å². The molecule has 3 fully saturated rings. The Hall–Kier alpha value is -0.850. The van der Waals surface area contributed by atoms with Crippen LogP contribution in [0, 0.1) is 39.9 Å². The summed E-state index contributed by atoms with van der Waals surface area (Å²) >= 11 is 0. The number of aliphatic hydroxyl groups is 2. The fraction of sp³-hybridized carbons (Fsp3) is 0.857. The Morgan fingerprint density at radius 3 is 2.67 bits per heavy atom. The number of aliphatic hydroxyl groups excluding tert-OH is 1. The molecule has 0 bridgehead atoms. The monoisotopic (exact) mass is 329 g/mol. The van der Waals surface area contributed by atoms with Crippen molar-refractivity contribution in [2.75, 3.05) is 0 Å². The van der Waals surface area contributed by atoms with Crippen LogP contribution >= 0.6 is 0 Å². The average Bonchev–Trinajstić information content (AvgIpc) is 2.80. The van der Waals surface area contributed by atoms with E-state index in [0.717, 1.165) is 51.4 Å². The number of nitriles is 1. The van der Waals surface area contributed by atoms with Crippen LogP contribution in [0.3, 0.4) is 0 Å². The molecule has 24 heavy (non-hydrogen) atoms. The maximum absolute atomic E-state index is 11.2. The van der Waals surface area contributed by atoms with Gasteiger partial charge in [-0.05, 0) is 74.5 Å². The minimum atomic E-state index is -0.787. The second-order valence-corrected chi connectivity index (χ2v) is 9.52. The molecule has 3 saturated carbocycles. The number of rotatable bonds is 1. The normalized spacial score (nSPS) is 53.4. The first-order chi connectivity index (χ1) is 11.3. The Morgan fingerprint density at radius 1 is 1.17 bits per heavy atom. The van der Waals surface area contributed by atoms with Crippen molar-refractivity contribution < 1.29 is 10.2 Å². The average molecular weight is 329 g/mol. The summed E-state index contributed by atoms with van der Waals surface area (Å²) in [7, 11) is 0. The number of allylic oxidation sites excluding steroid dienone is 1. The Kier molecular flexibility index (Phi) is 3.68. The van der Waals surface area contributed by atoms with Gasteiger partial charge in [-0.3, -0.25) is 0 Å². The van der Waals surface area contributed by atoms with Crippen LogP contribution in [0.25, 0.3) is 0 Å². The highest BCUT2D eigenvalue weighted by Gasteiger charge is 2.63. The first-order valence-corrected chi connectivity index (χ1v) is 9.81. The van der Waals surface area contributed by atoms with Gasteiger partial charge in [-0.15, -0.1) is 0 Å². The van der Waals surface area contributed by atoms with Gasteiger partial charge >= 0.3 is 0 Å². The lowest BCUT2D eigenvalue weighted by Gasteiger charge is -2.58. The largest absolute Gasteiger partial charge is 0.393 e. The van der Waals surface area contributed by atoms with Crippen molar-refractivity contribution in [1.82, 2.24) is 0 Å². The second kappa shape index (κ2) is 5.32. The van der Waals surface area contributed by atoms with Crippen LogP contribution in [-0.4, -0.2) is 21.9 Å². The van der Waals surface area contributed by atoms with Crippen molar-refractivity contribution in [3.8, 4) is 6.07 Å². The summed E-state index contributed by atoms with van der Waals surface area (Å²) in [6.07, 6.45) is 10.6. The molecule has 4 aliphatic carbocycles. The SMILES string of the molecule is C[C@]12CC[C@H](O)CC1=CC[C@@H]1[C@H]2CC[C@]2(C)[C@H]1CC[C@]2(O)CC#N. The topological polar surface area (TPSA) is 64.2 Å². The molecule has 0 unspecified atom stereocenters. The standard InChI is InChI=1S/C21H31NO2/c1-19-8-5-15(23)13-14(19)3-4-16-17(19)6-9-20(2)18(16)7-10-21(20,24)11-12-22/h3,15-18,23-24H,4-11,13H2,1-2H3/t15-,16+,17+,18-,19-,20+,21-/m0/s1. The quantitative estimate of drug-likeness (QED) is 0.716. The molecule has 0 saturated heterocycles. The molecular formula is C21H31NO2. The van der Waals surface area contributed by atoms with Gasteiger partial charge in [-0.25, -0.2) is 0 Å². The second-order valence-electron chi connectivity index (χ2n) is 9.52. The minimum absolute atomic E-state index is 0.0974. The molecule has 3 heteroatoms. The van der Waals surface area contributed by atoms with Crippen molar-refractivity contribution in [2.24, 2.45) is 28.6 Å². The van der Waals surface area contributed by atoms with E-state index in [0.29, 0.717) is 17.8 Å². The van der Waals surface area contributed by atoms with E-state index < -0.39 is 5.60 Å². The third-order valence-electron chi connectivity index (χ3n) is 8.77. The fourth-order valence-electron chi connectivity index (χ4n) is 7.17. The minimum Gasteiger partial charge on any atom is -0.393 e. The number of nitrogens with zero attached hydrogens (tertiary/aromatic N) is 1. The number of hydrogen-bond acceptors (Lipinski definition) is 3. The predicted octanol–water partition coefficient (Wildman–Crippen LogP) is 3.95. The van der Waals surface area contributed by atoms with Crippen LogP contribution < -0.4 is 0 Å². The van der Waals surface area contributed by atoms with Crippen LogP contribution in [0.15, 0.2) is 11.6 Å². The van der Waals surface area contributed by atoms with Gasteiger partial charge in [0.1, 0.15) is 0 Å². The van der Waals surface area contributed by atoms with Crippen molar-refractivity contribution in [2.45, 2.75) is 83.3 Å². The first kappa shape index (κ1) is 16.6. The Labute approximate surface area is 145 Å². The lowest BCUT2D eigenvalue weighted by atomic mass is 9.47. The molecular weight excluding hydrogens is 298 g/mol. The third-order valence-corrected chi connectivity index (χ3v) is 8.77. The summed E-state index contributed by atoms with van der Waals surface area (Å²) < 4.78 is 0. The molecule has 0 aromatic carbocycles. The van der Waals surface area contributed by atoms with Crippen molar-refractivity contribution in [1.29, 1.82) is 5.26 Å². The van der Waals surface area contributed by atoms with Gasteiger partial charge in [-0.2, -0.15) is 5.26 Å². The predicted molar refractivity (Wildman–Crippen MR) is 92.9 cm³/mol. The van der Waals surface area contributed by atoms with Crippen LogP contribution in [0.1, 0.15) is 71.6 Å². The van der Waals surface area contributed by atoms with Gasteiger partial charge in [0.2, 0.25) is 0 Å². The lowest BCUT2D eigenvalue weighted by Crippen LogP contribution is -2.54. The van der Waals surface area contributed by atoms with Crippen LogP contribution in [0.2, 0.25) is 0 Å². The van der Waals surface area contributed by atoms with Gasteiger partial charge in [0, 0.05) is 5.41 Å². The molecule has 7 atom stereocenters. The molecule has 4 rings (SSSR count). The molecule has 2 N–H and O–H groups in total. The molecule has 3 nitrogen and oxygen atoms in total. The van der Waals surface area contributed by atoms with E-state index in [9.17, 15) is 15.5 Å². The number of hydrogen-bond donors (Lipinski definition) is 2. The lowest BCUT2D eigenvalue weighted by molar-refractivity contribution is -0.122. The highest BCUT2D eigenvalue weighted by atomic mass is 16.3. The molecule has 0 heterocycles. The summed E-state index contributed by atoms with van der Waals surface area (Å²) in [4.78, 5) is 0. The summed E-state index contributed by atoms with van der Waals surface area (Å²) in [5, 5.41) is 30.5. The highest BCUT2D eigenvalue weighted by molar-refractivity contribution is 5.26. The number of fused-ring (bicyclic) bond motifs is 5. The fourth-order valence-corrected chi connectivity index (χ4v) is 7.17. The van der Waals surface area contributed by atoms with Crippen LogP contribution in [-0.2, 0) is 0 Å². The zero-order valence-electron chi connectivity index (χ0n) is 15.1. The smallest absolute Gasteiger partial charge is 0.0833 e. The van der Waals surface area contributed by atoms with Gasteiger partial charge in [0.05, 0.1) is 24.2 Å². The van der Waals surface area contributed by atoms with E-state index in [2.05, 4.69) is 26.0 Å². The maximum atomic E-state index is 11.2. The summed E-state index contributed by atoms with van der Waals surface area (Å²) in [6, 6.07) is 2.25. The molecule has 0 aliphatic heterocycles. The van der Waals surface area contributed by atoms with Gasteiger partial charge in [0.25, 0.3) is 0 Å². The molecule has 0 aromatic heterocycles. The summed E-state index contributed by atoms with van der Waals surface area (Å²) in [5.41, 5.74) is 0.862. The highest BCUT2D eigenvalue weighted by Crippen LogP contribution is 2.67. The third kappa shape index (κ3) is 2.02.